The molecule has 2 rings (SSSR count). The second-order valence-corrected chi connectivity index (χ2v) is 7.31. The molecule has 2 amide bonds. The van der Waals surface area contributed by atoms with Crippen LogP contribution in [0.1, 0.15) is 31.0 Å². The number of amides is 2. The molecule has 0 aliphatic carbocycles. The minimum atomic E-state index is -0.326. The topological polar surface area (TPSA) is 66.0 Å². The lowest BCUT2D eigenvalue weighted by atomic mass is 10.1. The number of aryl methyl sites for hydroxylation is 1. The number of hydrogen-bond donors (Lipinski definition) is 2. The molecule has 0 saturated carbocycles. The van der Waals surface area contributed by atoms with Gasteiger partial charge in [-0.05, 0) is 39.0 Å². The maximum absolute atomic E-state index is 12.6. The average molecular weight is 389 g/mol. The van der Waals surface area contributed by atoms with Crippen LogP contribution in [0, 0.1) is 6.92 Å². The summed E-state index contributed by atoms with van der Waals surface area (Å²) in [5.41, 5.74) is 2.83. The van der Waals surface area contributed by atoms with Crippen LogP contribution in [0.25, 0.3) is 0 Å². The lowest BCUT2D eigenvalue weighted by molar-refractivity contribution is -0.710. The number of anilines is 1. The molecule has 0 aliphatic heterocycles. The van der Waals surface area contributed by atoms with Gasteiger partial charge in [-0.3, -0.25) is 9.59 Å². The van der Waals surface area contributed by atoms with Crippen molar-refractivity contribution in [2.24, 2.45) is 0 Å². The Morgan fingerprint density at radius 1 is 1.11 bits per heavy atom. The maximum Gasteiger partial charge on any atom is 0.280 e. The second kappa shape index (κ2) is 9.53. The molecule has 0 heterocycles. The number of hydrogen-bond acceptors (Lipinski definition) is 2. The van der Waals surface area contributed by atoms with E-state index >= 15 is 0 Å². The van der Waals surface area contributed by atoms with Crippen molar-refractivity contribution in [1.82, 2.24) is 4.90 Å². The first-order valence-corrected chi connectivity index (χ1v) is 9.36. The van der Waals surface area contributed by atoms with E-state index in [4.69, 9.17) is 11.6 Å². The highest BCUT2D eigenvalue weighted by Gasteiger charge is 2.25. The van der Waals surface area contributed by atoms with Gasteiger partial charge < -0.3 is 15.5 Å². The number of likely N-dealkylation sites (N-methyl/N-ethyl adjacent to an activating group) is 1. The number of quaternary nitrogens is 1. The van der Waals surface area contributed by atoms with Gasteiger partial charge in [0.05, 0.1) is 6.54 Å². The fraction of sp³-hybridized carbons (Fsp3) is 0.333. The number of halogens is 1. The summed E-state index contributed by atoms with van der Waals surface area (Å²) >= 11 is 6.23. The van der Waals surface area contributed by atoms with E-state index in [0.717, 1.165) is 16.8 Å². The third kappa shape index (κ3) is 6.08. The number of carbonyl (C=O) groups is 2. The van der Waals surface area contributed by atoms with Crippen LogP contribution >= 0.6 is 11.6 Å². The zero-order chi connectivity index (χ0) is 20.0. The van der Waals surface area contributed by atoms with Crippen molar-refractivity contribution in [3.8, 4) is 0 Å². The van der Waals surface area contributed by atoms with Crippen molar-refractivity contribution < 1.29 is 14.9 Å². The minimum Gasteiger partial charge on any atom is -0.331 e. The number of nitrogens with one attached hydrogen (secondary N) is 1. The van der Waals surface area contributed by atoms with E-state index < -0.39 is 0 Å². The van der Waals surface area contributed by atoms with Crippen molar-refractivity contribution in [2.45, 2.75) is 32.9 Å². The van der Waals surface area contributed by atoms with E-state index in [1.165, 1.54) is 4.90 Å². The van der Waals surface area contributed by atoms with E-state index in [2.05, 4.69) is 5.32 Å². The fourth-order valence-electron chi connectivity index (χ4n) is 2.94. The molecule has 0 aliphatic rings. The first-order chi connectivity index (χ1) is 12.8. The lowest BCUT2D eigenvalue weighted by Gasteiger charge is -2.22. The number of nitrogens with zero attached hydrogens (tertiary/aromatic N) is 1. The van der Waals surface area contributed by atoms with Gasteiger partial charge in [-0.15, -0.1) is 0 Å². The summed E-state index contributed by atoms with van der Waals surface area (Å²) in [5.74, 6) is -0.325. The van der Waals surface area contributed by atoms with E-state index in [1.807, 2.05) is 74.6 Å². The van der Waals surface area contributed by atoms with Gasteiger partial charge in [0.1, 0.15) is 6.04 Å². The highest BCUT2D eigenvalue weighted by molar-refractivity contribution is 6.31. The van der Waals surface area contributed by atoms with Crippen LogP contribution in [-0.4, -0.2) is 36.3 Å². The molecule has 6 heteroatoms. The molecule has 2 aromatic rings. The van der Waals surface area contributed by atoms with E-state index in [0.29, 0.717) is 5.02 Å². The minimum absolute atomic E-state index is 0.00532. The maximum atomic E-state index is 12.6. The number of benzene rings is 2. The Morgan fingerprint density at radius 2 is 1.74 bits per heavy atom. The van der Waals surface area contributed by atoms with Crippen molar-refractivity contribution in [3.63, 3.8) is 0 Å². The predicted molar refractivity (Wildman–Crippen MR) is 109 cm³/mol. The van der Waals surface area contributed by atoms with Crippen LogP contribution in [0.2, 0.25) is 5.02 Å². The van der Waals surface area contributed by atoms with Crippen molar-refractivity contribution >= 4 is 29.1 Å². The normalized spacial score (nSPS) is 12.9. The molecule has 0 aromatic heterocycles. The van der Waals surface area contributed by atoms with Gasteiger partial charge in [0.15, 0.2) is 6.04 Å². The molecular formula is C21H27ClN3O2+. The van der Waals surface area contributed by atoms with Crippen molar-refractivity contribution in [1.29, 1.82) is 0 Å². The van der Waals surface area contributed by atoms with E-state index in [-0.39, 0.29) is 30.4 Å². The third-order valence-corrected chi connectivity index (χ3v) is 4.80. The van der Waals surface area contributed by atoms with Crippen LogP contribution in [0.4, 0.5) is 5.69 Å². The van der Waals surface area contributed by atoms with Gasteiger partial charge in [0, 0.05) is 23.3 Å². The molecule has 5 nitrogen and oxygen atoms in total. The molecule has 2 aromatic carbocycles. The Balaban J connectivity index is 1.88. The lowest BCUT2D eigenvalue weighted by Crippen LogP contribution is -2.92. The van der Waals surface area contributed by atoms with Crippen LogP contribution in [0.15, 0.2) is 48.5 Å². The number of carbonyl (C=O) groups excluding carboxylic acids is 2. The molecule has 0 spiro atoms. The van der Waals surface area contributed by atoms with Gasteiger partial charge in [0.2, 0.25) is 5.91 Å². The smallest absolute Gasteiger partial charge is 0.280 e. The Kier molecular flexibility index (Phi) is 7.39. The fourth-order valence-corrected chi connectivity index (χ4v) is 3.25. The summed E-state index contributed by atoms with van der Waals surface area (Å²) in [6.07, 6.45) is 0. The summed E-state index contributed by atoms with van der Waals surface area (Å²) in [6, 6.07) is 14.9. The van der Waals surface area contributed by atoms with Gasteiger partial charge in [-0.25, -0.2) is 0 Å². The monoisotopic (exact) mass is 388 g/mol. The zero-order valence-electron chi connectivity index (χ0n) is 16.2. The summed E-state index contributed by atoms with van der Waals surface area (Å²) in [5, 5.41) is 5.45. The Labute approximate surface area is 165 Å². The van der Waals surface area contributed by atoms with Crippen LogP contribution in [-0.2, 0) is 9.59 Å². The molecule has 2 atom stereocenters. The largest absolute Gasteiger partial charge is 0.331 e. The first-order valence-electron chi connectivity index (χ1n) is 8.99. The van der Waals surface area contributed by atoms with Crippen molar-refractivity contribution in [2.75, 3.05) is 18.9 Å². The highest BCUT2D eigenvalue weighted by atomic mass is 35.5. The summed E-state index contributed by atoms with van der Waals surface area (Å²) in [4.78, 5) is 26.2. The molecule has 0 saturated heterocycles. The molecule has 144 valence electrons. The molecule has 0 radical (unpaired) electrons. The number of rotatable bonds is 7. The van der Waals surface area contributed by atoms with Gasteiger partial charge in [-0.1, -0.05) is 47.5 Å². The van der Waals surface area contributed by atoms with Gasteiger partial charge in [-0.2, -0.15) is 0 Å². The van der Waals surface area contributed by atoms with E-state index in [1.54, 1.807) is 7.05 Å². The third-order valence-electron chi connectivity index (χ3n) is 4.45. The summed E-state index contributed by atoms with van der Waals surface area (Å²) < 4.78 is 0. The Morgan fingerprint density at radius 3 is 2.37 bits per heavy atom. The van der Waals surface area contributed by atoms with Gasteiger partial charge >= 0.3 is 0 Å². The summed E-state index contributed by atoms with van der Waals surface area (Å²) in [7, 11) is 1.64. The van der Waals surface area contributed by atoms with Crippen LogP contribution in [0.5, 0.6) is 0 Å². The molecule has 0 fully saturated rings. The highest BCUT2D eigenvalue weighted by Crippen LogP contribution is 2.19. The van der Waals surface area contributed by atoms with Crippen LogP contribution in [0.3, 0.4) is 0 Å². The quantitative estimate of drug-likeness (QED) is 0.765. The zero-order valence-corrected chi connectivity index (χ0v) is 17.0. The molecule has 27 heavy (non-hydrogen) atoms. The first kappa shape index (κ1) is 20.9. The van der Waals surface area contributed by atoms with Gasteiger partial charge in [0.25, 0.3) is 5.91 Å². The average Bonchev–Trinajstić information content (AvgIpc) is 2.63. The standard InChI is InChI=1S/C21H26ClN3O2/c1-14-9-11-17(12-10-14)24-20(26)13-25(4)21(27)16(3)23-15(2)18-7-5-6-8-19(18)22/h5-12,15-16,23H,13H2,1-4H3,(H,24,26)/p+1/t15-,16+/m0/s1. The molecule has 0 unspecified atom stereocenters. The molecule has 0 bridgehead atoms. The van der Waals surface area contributed by atoms with Crippen LogP contribution < -0.4 is 10.6 Å². The molecule has 3 N–H and O–H groups in total. The molecular weight excluding hydrogens is 362 g/mol. The predicted octanol–water partition coefficient (Wildman–Crippen LogP) is 2.76. The van der Waals surface area contributed by atoms with Crippen molar-refractivity contribution in [3.05, 3.63) is 64.7 Å². The second-order valence-electron chi connectivity index (χ2n) is 6.90. The summed E-state index contributed by atoms with van der Waals surface area (Å²) in [6.45, 7) is 5.84. The Hall–Kier alpha value is -2.37. The Bertz CT molecular complexity index is 792. The number of nitrogens with two attached hydrogens (primary N) is 1. The van der Waals surface area contributed by atoms with E-state index in [9.17, 15) is 9.59 Å². The SMILES string of the molecule is Cc1ccc(NC(=O)CN(C)C(=O)[C@@H](C)[NH2+][C@@H](C)c2ccccc2Cl)cc1.